The molecule has 124 valence electrons. The Kier molecular flexibility index (Phi) is 4.02. The summed E-state index contributed by atoms with van der Waals surface area (Å²) in [6.07, 6.45) is -3.56. The zero-order chi connectivity index (χ0) is 17.3. The molecule has 0 aliphatic rings. The van der Waals surface area contributed by atoms with Crippen LogP contribution >= 0.6 is 11.6 Å². The van der Waals surface area contributed by atoms with Gasteiger partial charge in [0, 0.05) is 6.07 Å². The van der Waals surface area contributed by atoms with Crippen molar-refractivity contribution in [2.45, 2.75) is 6.18 Å². The SMILES string of the molecule is Oc1cc(Cl)nnc1Oc1ccccc1-n1nccc1C(F)(F)F. The molecule has 1 N–H and O–H groups in total. The lowest BCUT2D eigenvalue weighted by molar-refractivity contribution is -0.142. The normalized spacial score (nSPS) is 11.5. The molecule has 2 heterocycles. The molecule has 0 aliphatic heterocycles. The number of para-hydroxylation sites is 2. The van der Waals surface area contributed by atoms with Crippen molar-refractivity contribution in [1.82, 2.24) is 20.0 Å². The van der Waals surface area contributed by atoms with Crippen molar-refractivity contribution in [2.24, 2.45) is 0 Å². The number of rotatable bonds is 3. The summed E-state index contributed by atoms with van der Waals surface area (Å²) in [5.41, 5.74) is -0.948. The summed E-state index contributed by atoms with van der Waals surface area (Å²) in [6.45, 7) is 0. The van der Waals surface area contributed by atoms with Gasteiger partial charge >= 0.3 is 6.18 Å². The van der Waals surface area contributed by atoms with Crippen LogP contribution < -0.4 is 4.74 Å². The van der Waals surface area contributed by atoms with Gasteiger partial charge in [-0.1, -0.05) is 23.7 Å². The van der Waals surface area contributed by atoms with Crippen molar-refractivity contribution in [2.75, 3.05) is 0 Å². The molecule has 0 saturated heterocycles. The Morgan fingerprint density at radius 1 is 1.12 bits per heavy atom. The van der Waals surface area contributed by atoms with E-state index in [1.165, 1.54) is 18.2 Å². The minimum absolute atomic E-state index is 0.00128. The number of nitrogens with zero attached hydrogens (tertiary/aromatic N) is 4. The smallest absolute Gasteiger partial charge is 0.433 e. The molecule has 24 heavy (non-hydrogen) atoms. The molecular weight excluding hydrogens is 349 g/mol. The van der Waals surface area contributed by atoms with E-state index in [2.05, 4.69) is 15.3 Å². The Bertz CT molecular complexity index is 882. The molecule has 0 radical (unpaired) electrons. The maximum absolute atomic E-state index is 13.1. The predicted molar refractivity (Wildman–Crippen MR) is 77.3 cm³/mol. The maximum Gasteiger partial charge on any atom is 0.433 e. The summed E-state index contributed by atoms with van der Waals surface area (Å²) in [5.74, 6) is -0.701. The third-order valence-electron chi connectivity index (χ3n) is 2.94. The van der Waals surface area contributed by atoms with Crippen molar-refractivity contribution >= 4 is 11.6 Å². The van der Waals surface area contributed by atoms with Crippen LogP contribution in [0.4, 0.5) is 13.2 Å². The second-order valence-electron chi connectivity index (χ2n) is 4.55. The van der Waals surface area contributed by atoms with Gasteiger partial charge in [0.1, 0.15) is 11.4 Å². The molecule has 0 spiro atoms. The van der Waals surface area contributed by atoms with E-state index in [1.807, 2.05) is 0 Å². The number of aromatic hydroxyl groups is 1. The minimum atomic E-state index is -4.59. The maximum atomic E-state index is 13.1. The van der Waals surface area contributed by atoms with Crippen LogP contribution in [0.1, 0.15) is 5.69 Å². The van der Waals surface area contributed by atoms with Gasteiger partial charge in [-0.2, -0.15) is 18.3 Å². The fraction of sp³-hybridized carbons (Fsp3) is 0.0714. The van der Waals surface area contributed by atoms with Gasteiger partial charge < -0.3 is 9.84 Å². The number of ether oxygens (including phenoxy) is 1. The molecule has 0 bridgehead atoms. The first-order chi connectivity index (χ1) is 11.4. The van der Waals surface area contributed by atoms with Crippen LogP contribution in [0.15, 0.2) is 42.6 Å². The highest BCUT2D eigenvalue weighted by Gasteiger charge is 2.35. The number of aromatic nitrogens is 4. The second kappa shape index (κ2) is 6.00. The molecule has 3 rings (SSSR count). The van der Waals surface area contributed by atoms with E-state index in [0.717, 1.165) is 18.3 Å². The van der Waals surface area contributed by atoms with Gasteiger partial charge in [0.05, 0.1) is 6.20 Å². The Morgan fingerprint density at radius 3 is 2.58 bits per heavy atom. The molecule has 0 aliphatic carbocycles. The van der Waals surface area contributed by atoms with E-state index >= 15 is 0 Å². The van der Waals surface area contributed by atoms with E-state index in [4.69, 9.17) is 16.3 Å². The lowest BCUT2D eigenvalue weighted by atomic mass is 10.3. The first kappa shape index (κ1) is 16.1. The zero-order valence-electron chi connectivity index (χ0n) is 11.7. The van der Waals surface area contributed by atoms with E-state index in [0.29, 0.717) is 4.68 Å². The monoisotopic (exact) mass is 356 g/mol. The average Bonchev–Trinajstić information content (AvgIpc) is 3.00. The summed E-state index contributed by atoms with van der Waals surface area (Å²) in [5, 5.41) is 20.5. The van der Waals surface area contributed by atoms with Crippen LogP contribution in [0, 0.1) is 0 Å². The lowest BCUT2D eigenvalue weighted by Crippen LogP contribution is -2.13. The van der Waals surface area contributed by atoms with Gasteiger partial charge in [-0.15, -0.1) is 10.2 Å². The Labute approximate surface area is 138 Å². The molecule has 3 aromatic rings. The first-order valence-electron chi connectivity index (χ1n) is 6.47. The van der Waals surface area contributed by atoms with Gasteiger partial charge in [0.2, 0.25) is 0 Å². The van der Waals surface area contributed by atoms with Crippen molar-refractivity contribution in [3.63, 3.8) is 0 Å². The number of hydrogen-bond acceptors (Lipinski definition) is 5. The van der Waals surface area contributed by atoms with Crippen molar-refractivity contribution in [3.05, 3.63) is 53.4 Å². The molecule has 0 saturated carbocycles. The molecule has 1 aromatic carbocycles. The summed E-state index contributed by atoms with van der Waals surface area (Å²) in [4.78, 5) is 0. The van der Waals surface area contributed by atoms with Gasteiger partial charge in [-0.05, 0) is 18.2 Å². The summed E-state index contributed by atoms with van der Waals surface area (Å²) < 4.78 is 45.2. The van der Waals surface area contributed by atoms with E-state index in [1.54, 1.807) is 6.07 Å². The highest BCUT2D eigenvalue weighted by molar-refractivity contribution is 6.29. The van der Waals surface area contributed by atoms with E-state index in [-0.39, 0.29) is 22.5 Å². The Morgan fingerprint density at radius 2 is 1.88 bits per heavy atom. The van der Waals surface area contributed by atoms with Gasteiger partial charge in [-0.3, -0.25) is 0 Å². The number of hydrogen-bond donors (Lipinski definition) is 1. The molecule has 0 fully saturated rings. The predicted octanol–water partition coefficient (Wildman–Crippen LogP) is 3.83. The molecule has 0 unspecified atom stereocenters. The van der Waals surface area contributed by atoms with Gasteiger partial charge in [-0.25, -0.2) is 4.68 Å². The zero-order valence-corrected chi connectivity index (χ0v) is 12.5. The quantitative estimate of drug-likeness (QED) is 0.772. The summed E-state index contributed by atoms with van der Waals surface area (Å²) >= 11 is 5.58. The van der Waals surface area contributed by atoms with Crippen LogP contribution in [-0.2, 0) is 6.18 Å². The largest absolute Gasteiger partial charge is 0.503 e. The van der Waals surface area contributed by atoms with Gasteiger partial charge in [0.15, 0.2) is 16.7 Å². The number of benzene rings is 1. The van der Waals surface area contributed by atoms with Crippen LogP contribution in [0.2, 0.25) is 5.15 Å². The fourth-order valence-electron chi connectivity index (χ4n) is 1.95. The molecular formula is C14H8ClF3N4O2. The van der Waals surface area contributed by atoms with Crippen LogP contribution in [0.5, 0.6) is 17.4 Å². The minimum Gasteiger partial charge on any atom is -0.503 e. The van der Waals surface area contributed by atoms with Crippen molar-refractivity contribution < 1.29 is 23.0 Å². The van der Waals surface area contributed by atoms with Crippen LogP contribution in [-0.4, -0.2) is 25.1 Å². The van der Waals surface area contributed by atoms with Crippen molar-refractivity contribution in [3.8, 4) is 23.1 Å². The standard InChI is InChI=1S/C14H8ClF3N4O2/c15-12-7-9(23)13(21-20-12)24-10-4-2-1-3-8(10)22-11(5-6-19-22)14(16,17)18/h1-7H,(H,20,23). The van der Waals surface area contributed by atoms with Crippen LogP contribution in [0.3, 0.4) is 0 Å². The topological polar surface area (TPSA) is 73.1 Å². The van der Waals surface area contributed by atoms with Gasteiger partial charge in [0.25, 0.3) is 5.88 Å². The lowest BCUT2D eigenvalue weighted by Gasteiger charge is -2.14. The fourth-order valence-corrected chi connectivity index (χ4v) is 2.09. The first-order valence-corrected chi connectivity index (χ1v) is 6.85. The second-order valence-corrected chi connectivity index (χ2v) is 4.94. The highest BCUT2D eigenvalue weighted by Crippen LogP contribution is 2.35. The summed E-state index contributed by atoms with van der Waals surface area (Å²) in [7, 11) is 0. The molecule has 0 amide bonds. The number of alkyl halides is 3. The Balaban J connectivity index is 2.05. The molecule has 0 atom stereocenters. The van der Waals surface area contributed by atoms with Crippen molar-refractivity contribution in [1.29, 1.82) is 0 Å². The average molecular weight is 357 g/mol. The summed E-state index contributed by atoms with van der Waals surface area (Å²) in [6, 6.07) is 7.82. The molecule has 10 heteroatoms. The number of halogens is 4. The third kappa shape index (κ3) is 3.11. The van der Waals surface area contributed by atoms with E-state index < -0.39 is 17.6 Å². The third-order valence-corrected chi connectivity index (χ3v) is 3.13. The molecule has 6 nitrogen and oxygen atoms in total. The Hall–Kier alpha value is -2.81. The highest BCUT2D eigenvalue weighted by atomic mass is 35.5. The van der Waals surface area contributed by atoms with Crippen LogP contribution in [0.25, 0.3) is 5.69 Å². The molecule has 2 aromatic heterocycles. The van der Waals surface area contributed by atoms with E-state index in [9.17, 15) is 18.3 Å².